The average molecular weight is 382 g/mol. The average Bonchev–Trinajstić information content (AvgIpc) is 2.99. The van der Waals surface area contributed by atoms with Gasteiger partial charge < -0.3 is 4.74 Å². The highest BCUT2D eigenvalue weighted by Gasteiger charge is 2.54. The summed E-state index contributed by atoms with van der Waals surface area (Å²) in [5.41, 5.74) is 2.57. The molecule has 2 aromatic carbocycles. The summed E-state index contributed by atoms with van der Waals surface area (Å²) in [6, 6.07) is 14.2. The van der Waals surface area contributed by atoms with Gasteiger partial charge in [-0.2, -0.15) is 5.10 Å². The first-order chi connectivity index (χ1) is 13.4. The number of unbranched alkanes of at least 4 members (excludes halogenated alkanes) is 1. The van der Waals surface area contributed by atoms with Crippen LogP contribution in [0.25, 0.3) is 0 Å². The number of carbonyl (C=O) groups excluding carboxylic acids is 1. The van der Waals surface area contributed by atoms with Gasteiger partial charge >= 0.3 is 5.97 Å². The monoisotopic (exact) mass is 382 g/mol. The van der Waals surface area contributed by atoms with Crippen molar-refractivity contribution < 1.29 is 13.9 Å². The second kappa shape index (κ2) is 8.13. The molecule has 2 atom stereocenters. The molecule has 2 aromatic rings. The number of hydrazone groups is 1. The van der Waals surface area contributed by atoms with Crippen LogP contribution in [0.3, 0.4) is 0 Å². The van der Waals surface area contributed by atoms with Gasteiger partial charge in [-0.05, 0) is 55.7 Å². The zero-order valence-corrected chi connectivity index (χ0v) is 16.9. The second-order valence-electron chi connectivity index (χ2n) is 7.48. The molecule has 1 aliphatic rings. The number of halogens is 1. The molecule has 0 bridgehead atoms. The van der Waals surface area contributed by atoms with Crippen LogP contribution in [0, 0.1) is 18.7 Å². The molecule has 0 aliphatic carbocycles. The van der Waals surface area contributed by atoms with Gasteiger partial charge in [0.1, 0.15) is 5.82 Å². The Labute approximate surface area is 166 Å². The van der Waals surface area contributed by atoms with Gasteiger partial charge in [0.25, 0.3) is 0 Å². The highest BCUT2D eigenvalue weighted by molar-refractivity contribution is 6.09. The Hall–Kier alpha value is -2.69. The van der Waals surface area contributed by atoms with E-state index in [1.807, 2.05) is 38.1 Å². The molecule has 0 saturated heterocycles. The first-order valence-electron chi connectivity index (χ1n) is 9.71. The van der Waals surface area contributed by atoms with E-state index in [0.717, 1.165) is 41.8 Å². The summed E-state index contributed by atoms with van der Waals surface area (Å²) in [4.78, 5) is 13.0. The number of nitrogens with zero attached hydrogens (tertiary/aromatic N) is 2. The molecule has 4 nitrogen and oxygen atoms in total. The number of hydrogen-bond acceptors (Lipinski definition) is 4. The predicted molar refractivity (Wildman–Crippen MR) is 110 cm³/mol. The van der Waals surface area contributed by atoms with Gasteiger partial charge in [0.15, 0.2) is 5.54 Å². The Kier molecular flexibility index (Phi) is 5.82. The number of esters is 1. The molecule has 0 spiro atoms. The third-order valence-electron chi connectivity index (χ3n) is 5.49. The summed E-state index contributed by atoms with van der Waals surface area (Å²) < 4.78 is 18.7. The van der Waals surface area contributed by atoms with E-state index in [2.05, 4.69) is 6.92 Å². The molecule has 1 aliphatic heterocycles. The van der Waals surface area contributed by atoms with Crippen molar-refractivity contribution >= 4 is 17.4 Å². The molecule has 0 radical (unpaired) electrons. The zero-order chi connectivity index (χ0) is 20.3. The van der Waals surface area contributed by atoms with E-state index in [1.54, 1.807) is 17.1 Å². The lowest BCUT2D eigenvalue weighted by Crippen LogP contribution is -2.53. The van der Waals surface area contributed by atoms with Crippen LogP contribution in [0.15, 0.2) is 53.6 Å². The SMILES string of the molecule is CCCCC1C(c2ccc(F)cc2)=NN(c2cccc(C)c2)C1(C)C(=O)OC. The van der Waals surface area contributed by atoms with Crippen LogP contribution in [0.1, 0.15) is 44.2 Å². The maximum absolute atomic E-state index is 13.5. The van der Waals surface area contributed by atoms with E-state index in [0.29, 0.717) is 0 Å². The number of rotatable bonds is 6. The number of methoxy groups -OCH3 is 1. The number of aryl methyl sites for hydroxylation is 1. The van der Waals surface area contributed by atoms with Gasteiger partial charge in [-0.3, -0.25) is 0 Å². The van der Waals surface area contributed by atoms with Crippen molar-refractivity contribution in [3.05, 3.63) is 65.5 Å². The summed E-state index contributed by atoms with van der Waals surface area (Å²) in [6.07, 6.45) is 2.76. The maximum Gasteiger partial charge on any atom is 0.334 e. The summed E-state index contributed by atoms with van der Waals surface area (Å²) in [7, 11) is 1.41. The topological polar surface area (TPSA) is 41.9 Å². The van der Waals surface area contributed by atoms with Gasteiger partial charge in [0, 0.05) is 5.92 Å². The van der Waals surface area contributed by atoms with Gasteiger partial charge in [-0.1, -0.05) is 44.0 Å². The Morgan fingerprint density at radius 1 is 1.25 bits per heavy atom. The quantitative estimate of drug-likeness (QED) is 0.653. The Morgan fingerprint density at radius 2 is 1.96 bits per heavy atom. The van der Waals surface area contributed by atoms with Crippen molar-refractivity contribution in [2.24, 2.45) is 11.0 Å². The normalized spacial score (nSPS) is 21.5. The minimum atomic E-state index is -0.971. The minimum Gasteiger partial charge on any atom is -0.467 e. The van der Waals surface area contributed by atoms with E-state index in [4.69, 9.17) is 9.84 Å². The number of anilines is 1. The zero-order valence-electron chi connectivity index (χ0n) is 16.9. The fourth-order valence-electron chi connectivity index (χ4n) is 3.92. The molecule has 0 N–H and O–H groups in total. The molecular formula is C23H27FN2O2. The first-order valence-corrected chi connectivity index (χ1v) is 9.71. The van der Waals surface area contributed by atoms with E-state index in [9.17, 15) is 9.18 Å². The largest absolute Gasteiger partial charge is 0.467 e. The van der Waals surface area contributed by atoms with Gasteiger partial charge in [0.2, 0.25) is 0 Å². The third-order valence-corrected chi connectivity index (χ3v) is 5.49. The van der Waals surface area contributed by atoms with Gasteiger partial charge in [-0.25, -0.2) is 14.2 Å². The molecule has 3 rings (SSSR count). The van der Waals surface area contributed by atoms with Crippen LogP contribution >= 0.6 is 0 Å². The van der Waals surface area contributed by atoms with E-state index >= 15 is 0 Å². The standard InChI is InChI=1S/C23H27FN2O2/c1-5-6-10-20-21(17-11-13-18(24)14-12-17)25-26(23(20,3)22(27)28-4)19-9-7-8-16(2)15-19/h7-9,11-15,20H,5-6,10H2,1-4H3. The summed E-state index contributed by atoms with van der Waals surface area (Å²) >= 11 is 0. The van der Waals surface area contributed by atoms with Crippen LogP contribution < -0.4 is 5.01 Å². The highest BCUT2D eigenvalue weighted by Crippen LogP contribution is 2.42. The molecule has 0 fully saturated rings. The first kappa shape index (κ1) is 20.1. The molecule has 2 unspecified atom stereocenters. The van der Waals surface area contributed by atoms with Crippen molar-refractivity contribution in [3.8, 4) is 0 Å². The summed E-state index contributed by atoms with van der Waals surface area (Å²) in [5.74, 6) is -0.777. The Balaban J connectivity index is 2.16. The number of hydrogen-bond donors (Lipinski definition) is 0. The van der Waals surface area contributed by atoms with Crippen LogP contribution in [0.5, 0.6) is 0 Å². The molecule has 28 heavy (non-hydrogen) atoms. The van der Waals surface area contributed by atoms with Crippen LogP contribution in [0.4, 0.5) is 10.1 Å². The smallest absolute Gasteiger partial charge is 0.334 e. The molecule has 1 heterocycles. The number of benzene rings is 2. The molecule has 0 amide bonds. The lowest BCUT2D eigenvalue weighted by Gasteiger charge is -2.36. The van der Waals surface area contributed by atoms with Crippen molar-refractivity contribution in [3.63, 3.8) is 0 Å². The van der Waals surface area contributed by atoms with Crippen LogP contribution in [-0.2, 0) is 9.53 Å². The van der Waals surface area contributed by atoms with E-state index in [1.165, 1.54) is 19.2 Å². The molecule has 5 heteroatoms. The second-order valence-corrected chi connectivity index (χ2v) is 7.48. The summed E-state index contributed by atoms with van der Waals surface area (Å²) in [5, 5.41) is 6.67. The Bertz CT molecular complexity index is 878. The van der Waals surface area contributed by atoms with Gasteiger partial charge in [-0.15, -0.1) is 0 Å². The van der Waals surface area contributed by atoms with Crippen LogP contribution in [-0.4, -0.2) is 24.3 Å². The van der Waals surface area contributed by atoms with Crippen LogP contribution in [0.2, 0.25) is 0 Å². The predicted octanol–water partition coefficient (Wildman–Crippen LogP) is 5.10. The van der Waals surface area contributed by atoms with E-state index in [-0.39, 0.29) is 17.7 Å². The molecule has 0 aromatic heterocycles. The van der Waals surface area contributed by atoms with Crippen molar-refractivity contribution in [2.75, 3.05) is 12.1 Å². The van der Waals surface area contributed by atoms with E-state index < -0.39 is 5.54 Å². The van der Waals surface area contributed by atoms with Gasteiger partial charge in [0.05, 0.1) is 18.5 Å². The number of ether oxygens (including phenoxy) is 1. The van der Waals surface area contributed by atoms with Crippen molar-refractivity contribution in [1.82, 2.24) is 0 Å². The molecule has 0 saturated carbocycles. The minimum absolute atomic E-state index is 0.161. The molecular weight excluding hydrogens is 355 g/mol. The van der Waals surface area contributed by atoms with Crippen molar-refractivity contribution in [2.45, 2.75) is 45.6 Å². The Morgan fingerprint density at radius 3 is 2.57 bits per heavy atom. The lowest BCUT2D eigenvalue weighted by atomic mass is 9.77. The maximum atomic E-state index is 13.5. The van der Waals surface area contributed by atoms with Crippen molar-refractivity contribution in [1.29, 1.82) is 0 Å². The summed E-state index contributed by atoms with van der Waals surface area (Å²) in [6.45, 7) is 6.02. The number of carbonyl (C=O) groups is 1. The fraction of sp³-hybridized carbons (Fsp3) is 0.391. The lowest BCUT2D eigenvalue weighted by molar-refractivity contribution is -0.147. The fourth-order valence-corrected chi connectivity index (χ4v) is 3.92. The third kappa shape index (κ3) is 3.53. The highest BCUT2D eigenvalue weighted by atomic mass is 19.1. The molecule has 148 valence electrons.